The summed E-state index contributed by atoms with van der Waals surface area (Å²) >= 11 is 0. The molecule has 7 heteroatoms. The summed E-state index contributed by atoms with van der Waals surface area (Å²) in [4.78, 5) is 42.8. The first-order valence-electron chi connectivity index (χ1n) is 10.4. The topological polar surface area (TPSA) is 73.0 Å². The van der Waals surface area contributed by atoms with Gasteiger partial charge in [-0.15, -0.1) is 0 Å². The second-order valence-corrected chi connectivity index (χ2v) is 7.92. The molecule has 2 fully saturated rings. The molecule has 1 aromatic rings. The van der Waals surface area contributed by atoms with E-state index in [9.17, 15) is 14.4 Å². The molecule has 1 saturated heterocycles. The van der Waals surface area contributed by atoms with Crippen molar-refractivity contribution in [3.8, 4) is 0 Å². The third kappa shape index (κ3) is 3.90. The Kier molecular flexibility index (Phi) is 5.62. The van der Waals surface area contributed by atoms with E-state index in [2.05, 4.69) is 10.2 Å². The van der Waals surface area contributed by atoms with Crippen LogP contribution in [0.25, 0.3) is 0 Å². The Morgan fingerprint density at radius 1 is 0.893 bits per heavy atom. The van der Waals surface area contributed by atoms with Gasteiger partial charge < -0.3 is 10.2 Å². The van der Waals surface area contributed by atoms with Crippen molar-refractivity contribution < 1.29 is 14.4 Å². The molecule has 2 aliphatic heterocycles. The van der Waals surface area contributed by atoms with Gasteiger partial charge in [0, 0.05) is 45.3 Å². The van der Waals surface area contributed by atoms with E-state index in [0.717, 1.165) is 25.9 Å². The minimum Gasteiger partial charge on any atom is -0.335 e. The fourth-order valence-electron chi connectivity index (χ4n) is 4.37. The number of imide groups is 1. The summed E-state index contributed by atoms with van der Waals surface area (Å²) in [6.45, 7) is 3.92. The SMILES string of the molecule is O=C(NC1CCCCC1)N1CCN(CCN2C(=O)c3ccccc3C2=O)CC1. The number of hydrogen-bond donors (Lipinski definition) is 1. The first-order valence-corrected chi connectivity index (χ1v) is 10.4. The summed E-state index contributed by atoms with van der Waals surface area (Å²) in [5.41, 5.74) is 0.994. The number of benzene rings is 1. The highest BCUT2D eigenvalue weighted by Gasteiger charge is 2.35. The van der Waals surface area contributed by atoms with E-state index < -0.39 is 0 Å². The van der Waals surface area contributed by atoms with E-state index in [1.165, 1.54) is 24.2 Å². The van der Waals surface area contributed by atoms with Gasteiger partial charge in [-0.05, 0) is 25.0 Å². The quantitative estimate of drug-likeness (QED) is 0.806. The lowest BCUT2D eigenvalue weighted by atomic mass is 9.96. The Labute approximate surface area is 165 Å². The van der Waals surface area contributed by atoms with Gasteiger partial charge in [-0.2, -0.15) is 0 Å². The van der Waals surface area contributed by atoms with E-state index in [4.69, 9.17) is 0 Å². The van der Waals surface area contributed by atoms with E-state index in [1.54, 1.807) is 24.3 Å². The van der Waals surface area contributed by atoms with Gasteiger partial charge in [0.2, 0.25) is 0 Å². The van der Waals surface area contributed by atoms with Gasteiger partial charge >= 0.3 is 6.03 Å². The lowest BCUT2D eigenvalue weighted by molar-refractivity contribution is 0.0623. The van der Waals surface area contributed by atoms with Crippen molar-refractivity contribution in [3.63, 3.8) is 0 Å². The van der Waals surface area contributed by atoms with Crippen LogP contribution in [0.1, 0.15) is 52.8 Å². The summed E-state index contributed by atoms with van der Waals surface area (Å²) in [6, 6.07) is 7.36. The van der Waals surface area contributed by atoms with Crippen LogP contribution in [-0.4, -0.2) is 77.9 Å². The monoisotopic (exact) mass is 384 g/mol. The fraction of sp³-hybridized carbons (Fsp3) is 0.571. The number of fused-ring (bicyclic) bond motifs is 1. The number of amides is 4. The minimum atomic E-state index is -0.203. The molecule has 0 unspecified atom stereocenters. The van der Waals surface area contributed by atoms with Crippen LogP contribution in [-0.2, 0) is 0 Å². The predicted octanol–water partition coefficient (Wildman–Crippen LogP) is 1.94. The number of carbonyl (C=O) groups excluding carboxylic acids is 3. The molecule has 150 valence electrons. The van der Waals surface area contributed by atoms with Crippen LogP contribution >= 0.6 is 0 Å². The first kappa shape index (κ1) is 18.9. The van der Waals surface area contributed by atoms with E-state index in [-0.39, 0.29) is 17.8 Å². The molecule has 4 amide bonds. The lowest BCUT2D eigenvalue weighted by Gasteiger charge is -2.36. The number of nitrogens with one attached hydrogen (secondary N) is 1. The Bertz CT molecular complexity index is 717. The van der Waals surface area contributed by atoms with Gasteiger partial charge in [-0.1, -0.05) is 31.4 Å². The second kappa shape index (κ2) is 8.31. The standard InChI is InChI=1S/C21H28N4O3/c26-19-17-8-4-5-9-18(17)20(27)25(19)15-12-23-10-13-24(14-11-23)21(28)22-16-6-2-1-3-7-16/h4-5,8-9,16H,1-3,6-7,10-15H2,(H,22,28). The maximum Gasteiger partial charge on any atom is 0.317 e. The average Bonchev–Trinajstić information content (AvgIpc) is 2.98. The molecule has 0 spiro atoms. The Morgan fingerprint density at radius 3 is 2.11 bits per heavy atom. The van der Waals surface area contributed by atoms with Crippen molar-refractivity contribution in [2.75, 3.05) is 39.3 Å². The summed E-state index contributed by atoms with van der Waals surface area (Å²) < 4.78 is 0. The molecule has 1 N–H and O–H groups in total. The Hall–Kier alpha value is -2.41. The predicted molar refractivity (Wildman–Crippen MR) is 105 cm³/mol. The second-order valence-electron chi connectivity index (χ2n) is 7.92. The molecule has 4 rings (SSSR count). The lowest BCUT2D eigenvalue weighted by Crippen LogP contribution is -2.54. The molecule has 0 aromatic heterocycles. The zero-order valence-electron chi connectivity index (χ0n) is 16.2. The molecule has 0 bridgehead atoms. The number of rotatable bonds is 4. The van der Waals surface area contributed by atoms with E-state index in [1.807, 2.05) is 4.90 Å². The highest BCUT2D eigenvalue weighted by molar-refractivity contribution is 6.21. The smallest absolute Gasteiger partial charge is 0.317 e. The number of nitrogens with zero attached hydrogens (tertiary/aromatic N) is 3. The molecule has 1 aliphatic carbocycles. The summed E-state index contributed by atoms with van der Waals surface area (Å²) in [6.07, 6.45) is 5.86. The maximum atomic E-state index is 12.5. The normalized spacial score (nSPS) is 21.1. The third-order valence-corrected chi connectivity index (χ3v) is 6.11. The molecule has 2 heterocycles. The first-order chi connectivity index (χ1) is 13.6. The van der Waals surface area contributed by atoms with Crippen LogP contribution in [0.3, 0.4) is 0 Å². The highest BCUT2D eigenvalue weighted by Crippen LogP contribution is 2.22. The van der Waals surface area contributed by atoms with Crippen molar-refractivity contribution >= 4 is 17.8 Å². The molecule has 3 aliphatic rings. The Morgan fingerprint density at radius 2 is 1.50 bits per heavy atom. The molecule has 0 radical (unpaired) electrons. The van der Waals surface area contributed by atoms with Crippen LogP contribution in [0.4, 0.5) is 4.79 Å². The zero-order valence-corrected chi connectivity index (χ0v) is 16.2. The molecule has 1 saturated carbocycles. The summed E-state index contributed by atoms with van der Waals surface area (Å²) in [5.74, 6) is -0.405. The van der Waals surface area contributed by atoms with E-state index >= 15 is 0 Å². The van der Waals surface area contributed by atoms with Crippen LogP contribution in [0.15, 0.2) is 24.3 Å². The van der Waals surface area contributed by atoms with Gasteiger partial charge in [0.1, 0.15) is 0 Å². The molecule has 28 heavy (non-hydrogen) atoms. The maximum absolute atomic E-state index is 12.5. The van der Waals surface area contributed by atoms with Gasteiger partial charge in [0.25, 0.3) is 11.8 Å². The number of urea groups is 1. The van der Waals surface area contributed by atoms with Gasteiger partial charge in [-0.3, -0.25) is 19.4 Å². The number of carbonyl (C=O) groups is 3. The van der Waals surface area contributed by atoms with Crippen LogP contribution in [0.5, 0.6) is 0 Å². The molecule has 7 nitrogen and oxygen atoms in total. The fourth-order valence-corrected chi connectivity index (χ4v) is 4.37. The van der Waals surface area contributed by atoms with E-state index in [0.29, 0.717) is 43.3 Å². The van der Waals surface area contributed by atoms with Crippen LogP contribution < -0.4 is 5.32 Å². The van der Waals surface area contributed by atoms with Crippen molar-refractivity contribution in [1.29, 1.82) is 0 Å². The van der Waals surface area contributed by atoms with Crippen molar-refractivity contribution in [1.82, 2.24) is 20.0 Å². The van der Waals surface area contributed by atoms with Crippen LogP contribution in [0.2, 0.25) is 0 Å². The van der Waals surface area contributed by atoms with Gasteiger partial charge in [0.15, 0.2) is 0 Å². The summed E-state index contributed by atoms with van der Waals surface area (Å²) in [5, 5.41) is 3.17. The molecule has 0 atom stereocenters. The molecule has 1 aromatic carbocycles. The average molecular weight is 384 g/mol. The number of hydrogen-bond acceptors (Lipinski definition) is 4. The molecular weight excluding hydrogens is 356 g/mol. The largest absolute Gasteiger partial charge is 0.335 e. The molecular formula is C21H28N4O3. The summed E-state index contributed by atoms with van der Waals surface area (Å²) in [7, 11) is 0. The van der Waals surface area contributed by atoms with Crippen molar-refractivity contribution in [3.05, 3.63) is 35.4 Å². The Balaban J connectivity index is 1.22. The third-order valence-electron chi connectivity index (χ3n) is 6.11. The highest BCUT2D eigenvalue weighted by atomic mass is 16.2. The van der Waals surface area contributed by atoms with Gasteiger partial charge in [-0.25, -0.2) is 4.79 Å². The van der Waals surface area contributed by atoms with Crippen molar-refractivity contribution in [2.24, 2.45) is 0 Å². The number of piperazine rings is 1. The van der Waals surface area contributed by atoms with Crippen LogP contribution in [0, 0.1) is 0 Å². The van der Waals surface area contributed by atoms with Crippen molar-refractivity contribution in [2.45, 2.75) is 38.1 Å². The minimum absolute atomic E-state index is 0.0481. The zero-order chi connectivity index (χ0) is 19.5. The van der Waals surface area contributed by atoms with Gasteiger partial charge in [0.05, 0.1) is 11.1 Å².